The van der Waals surface area contributed by atoms with Crippen LogP contribution < -0.4 is 4.90 Å². The maximum Gasteiger partial charge on any atom is 0.293 e. The van der Waals surface area contributed by atoms with Crippen molar-refractivity contribution < 1.29 is 9.72 Å². The zero-order chi connectivity index (χ0) is 16.6. The van der Waals surface area contributed by atoms with Crippen LogP contribution in [0.5, 0.6) is 0 Å². The number of carbonyl (C=O) groups excluding carboxylic acids is 1. The summed E-state index contributed by atoms with van der Waals surface area (Å²) in [7, 11) is 2.14. The normalized spacial score (nSPS) is 20.9. The molecule has 2 aliphatic rings. The van der Waals surface area contributed by atoms with Crippen molar-refractivity contribution in [3.8, 4) is 0 Å². The third-order valence-corrected chi connectivity index (χ3v) is 5.41. The average Bonchev–Trinajstić information content (AvgIpc) is 2.94. The van der Waals surface area contributed by atoms with Crippen LogP contribution in [-0.4, -0.2) is 48.8 Å². The number of nitro benzene ring substituents is 1. The molecule has 6 heteroatoms. The van der Waals surface area contributed by atoms with Gasteiger partial charge in [-0.15, -0.1) is 0 Å². The molecule has 3 rings (SSSR count). The molecular weight excluding hydrogens is 294 g/mol. The van der Waals surface area contributed by atoms with Crippen molar-refractivity contribution >= 4 is 17.2 Å². The lowest BCUT2D eigenvalue weighted by Gasteiger charge is -2.37. The van der Waals surface area contributed by atoms with E-state index in [1.54, 1.807) is 12.1 Å². The minimum atomic E-state index is -0.374. The van der Waals surface area contributed by atoms with Gasteiger partial charge in [0.2, 0.25) is 0 Å². The van der Waals surface area contributed by atoms with E-state index in [4.69, 9.17) is 0 Å². The molecule has 0 bridgehead atoms. The fraction of sp³-hybridized carbons (Fsp3) is 0.588. The zero-order valence-corrected chi connectivity index (χ0v) is 13.7. The Kier molecular flexibility index (Phi) is 4.10. The SMILES string of the molecule is CC(=O)c1ccc(N2CCC3(CCN(C)CC3)C2)c([N+](=O)[O-])c1. The van der Waals surface area contributed by atoms with E-state index >= 15 is 0 Å². The van der Waals surface area contributed by atoms with Crippen molar-refractivity contribution in [3.05, 3.63) is 33.9 Å². The number of piperidine rings is 1. The molecule has 124 valence electrons. The minimum Gasteiger partial charge on any atom is -0.365 e. The Balaban J connectivity index is 1.85. The third kappa shape index (κ3) is 3.08. The van der Waals surface area contributed by atoms with E-state index in [1.165, 1.54) is 13.0 Å². The Morgan fingerprint density at radius 3 is 2.48 bits per heavy atom. The smallest absolute Gasteiger partial charge is 0.293 e. The Morgan fingerprint density at radius 2 is 1.87 bits per heavy atom. The highest BCUT2D eigenvalue weighted by Gasteiger charge is 2.41. The van der Waals surface area contributed by atoms with Crippen LogP contribution in [0.4, 0.5) is 11.4 Å². The second-order valence-corrected chi connectivity index (χ2v) is 6.99. The van der Waals surface area contributed by atoms with E-state index in [9.17, 15) is 14.9 Å². The molecule has 0 radical (unpaired) electrons. The molecule has 1 aromatic carbocycles. The molecule has 2 fully saturated rings. The second kappa shape index (κ2) is 5.92. The quantitative estimate of drug-likeness (QED) is 0.487. The summed E-state index contributed by atoms with van der Waals surface area (Å²) in [5, 5.41) is 11.4. The van der Waals surface area contributed by atoms with Gasteiger partial charge in [0.25, 0.3) is 5.69 Å². The number of anilines is 1. The first-order valence-electron chi connectivity index (χ1n) is 8.13. The Labute approximate surface area is 136 Å². The number of ketones is 1. The lowest BCUT2D eigenvalue weighted by Crippen LogP contribution is -2.39. The lowest BCUT2D eigenvalue weighted by molar-refractivity contribution is -0.384. The van der Waals surface area contributed by atoms with Crippen LogP contribution in [0, 0.1) is 15.5 Å². The number of nitrogens with zero attached hydrogens (tertiary/aromatic N) is 3. The van der Waals surface area contributed by atoms with Gasteiger partial charge in [-0.05, 0) is 63.9 Å². The van der Waals surface area contributed by atoms with E-state index in [2.05, 4.69) is 16.8 Å². The number of carbonyl (C=O) groups is 1. The predicted octanol–water partition coefficient (Wildman–Crippen LogP) is 2.72. The van der Waals surface area contributed by atoms with Crippen molar-refractivity contribution in [2.24, 2.45) is 5.41 Å². The van der Waals surface area contributed by atoms with Crippen LogP contribution in [0.25, 0.3) is 0 Å². The molecule has 0 aromatic heterocycles. The number of hydrogen-bond donors (Lipinski definition) is 0. The van der Waals surface area contributed by atoms with E-state index in [-0.39, 0.29) is 16.4 Å². The van der Waals surface area contributed by atoms with Crippen LogP contribution in [0.15, 0.2) is 18.2 Å². The molecule has 2 heterocycles. The summed E-state index contributed by atoms with van der Waals surface area (Å²) in [5.74, 6) is -0.146. The van der Waals surface area contributed by atoms with Crippen LogP contribution >= 0.6 is 0 Å². The molecule has 0 atom stereocenters. The zero-order valence-electron chi connectivity index (χ0n) is 13.7. The summed E-state index contributed by atoms with van der Waals surface area (Å²) in [4.78, 5) is 27.0. The van der Waals surface area contributed by atoms with Gasteiger partial charge in [-0.1, -0.05) is 0 Å². The number of hydrogen-bond acceptors (Lipinski definition) is 5. The number of Topliss-reactive ketones (excluding diaryl/α,β-unsaturated/α-hetero) is 1. The summed E-state index contributed by atoms with van der Waals surface area (Å²) in [6, 6.07) is 4.85. The highest BCUT2D eigenvalue weighted by Crippen LogP contribution is 2.43. The number of rotatable bonds is 3. The molecule has 1 aromatic rings. The summed E-state index contributed by atoms with van der Waals surface area (Å²) >= 11 is 0. The average molecular weight is 317 g/mol. The summed E-state index contributed by atoms with van der Waals surface area (Å²) in [5.41, 5.74) is 1.38. The molecule has 23 heavy (non-hydrogen) atoms. The van der Waals surface area contributed by atoms with Crippen molar-refractivity contribution in [2.75, 3.05) is 38.1 Å². The van der Waals surface area contributed by atoms with Gasteiger partial charge in [0.05, 0.1) is 4.92 Å². The van der Waals surface area contributed by atoms with Gasteiger partial charge < -0.3 is 9.80 Å². The number of benzene rings is 1. The molecular formula is C17H23N3O3. The molecule has 0 unspecified atom stereocenters. The molecule has 0 saturated carbocycles. The van der Waals surface area contributed by atoms with Crippen molar-refractivity contribution in [1.82, 2.24) is 4.90 Å². The lowest BCUT2D eigenvalue weighted by atomic mass is 9.78. The fourth-order valence-electron chi connectivity index (χ4n) is 3.80. The molecule has 6 nitrogen and oxygen atoms in total. The highest BCUT2D eigenvalue weighted by atomic mass is 16.6. The molecule has 0 N–H and O–H groups in total. The second-order valence-electron chi connectivity index (χ2n) is 6.99. The highest BCUT2D eigenvalue weighted by molar-refractivity contribution is 5.95. The molecule has 2 saturated heterocycles. The maximum absolute atomic E-state index is 11.5. The van der Waals surface area contributed by atoms with Crippen molar-refractivity contribution in [1.29, 1.82) is 0 Å². The van der Waals surface area contributed by atoms with E-state index in [0.717, 1.165) is 45.4 Å². The molecule has 2 aliphatic heterocycles. The van der Waals surface area contributed by atoms with Crippen LogP contribution in [0.2, 0.25) is 0 Å². The Bertz CT molecular complexity index is 636. The summed E-state index contributed by atoms with van der Waals surface area (Å²) in [6.45, 7) is 5.35. The predicted molar refractivity (Wildman–Crippen MR) is 89.1 cm³/mol. The first kappa shape index (κ1) is 15.9. The van der Waals surface area contributed by atoms with Crippen LogP contribution in [-0.2, 0) is 0 Å². The van der Waals surface area contributed by atoms with Crippen LogP contribution in [0.1, 0.15) is 36.5 Å². The van der Waals surface area contributed by atoms with Crippen molar-refractivity contribution in [3.63, 3.8) is 0 Å². The first-order valence-corrected chi connectivity index (χ1v) is 8.13. The van der Waals surface area contributed by atoms with Gasteiger partial charge in [0.1, 0.15) is 5.69 Å². The molecule has 1 spiro atoms. The van der Waals surface area contributed by atoms with E-state index in [1.807, 2.05) is 0 Å². The number of nitro groups is 1. The molecule has 0 amide bonds. The monoisotopic (exact) mass is 317 g/mol. The fourth-order valence-corrected chi connectivity index (χ4v) is 3.80. The topological polar surface area (TPSA) is 66.7 Å². The standard InChI is InChI=1S/C17H23N3O3/c1-13(21)14-3-4-15(16(11-14)20(22)23)19-10-7-17(12-19)5-8-18(2)9-6-17/h3-4,11H,5-10,12H2,1-2H3. The van der Waals surface area contributed by atoms with Gasteiger partial charge in [0.15, 0.2) is 5.78 Å². The third-order valence-electron chi connectivity index (χ3n) is 5.41. The van der Waals surface area contributed by atoms with Gasteiger partial charge in [-0.2, -0.15) is 0 Å². The van der Waals surface area contributed by atoms with Crippen LogP contribution in [0.3, 0.4) is 0 Å². The van der Waals surface area contributed by atoms with E-state index < -0.39 is 0 Å². The molecule has 0 aliphatic carbocycles. The van der Waals surface area contributed by atoms with Gasteiger partial charge in [-0.25, -0.2) is 0 Å². The first-order chi connectivity index (χ1) is 10.9. The largest absolute Gasteiger partial charge is 0.365 e. The summed E-state index contributed by atoms with van der Waals surface area (Å²) in [6.07, 6.45) is 3.39. The van der Waals surface area contributed by atoms with Crippen molar-refractivity contribution in [2.45, 2.75) is 26.2 Å². The summed E-state index contributed by atoms with van der Waals surface area (Å²) < 4.78 is 0. The Hall–Kier alpha value is -1.95. The minimum absolute atomic E-state index is 0.0441. The number of likely N-dealkylation sites (tertiary alicyclic amines) is 1. The maximum atomic E-state index is 11.5. The van der Waals surface area contributed by atoms with Gasteiger partial charge >= 0.3 is 0 Å². The van der Waals surface area contributed by atoms with Gasteiger partial charge in [-0.3, -0.25) is 14.9 Å². The Morgan fingerprint density at radius 1 is 1.22 bits per heavy atom. The van der Waals surface area contributed by atoms with E-state index in [0.29, 0.717) is 16.7 Å². The van der Waals surface area contributed by atoms with Gasteiger partial charge in [0, 0.05) is 24.7 Å².